The van der Waals surface area contributed by atoms with Gasteiger partial charge in [0, 0.05) is 12.3 Å². The summed E-state index contributed by atoms with van der Waals surface area (Å²) in [5.74, 6) is -0.509. The Bertz CT molecular complexity index is 383. The number of hydrogen-bond donors (Lipinski definition) is 0. The lowest BCUT2D eigenvalue weighted by atomic mass is 10.0. The molecule has 0 atom stereocenters. The number of halogens is 2. The fraction of sp³-hybridized carbons (Fsp3) is 0.417. The molecule has 0 saturated heterocycles. The molecule has 2 rings (SSSR count). The van der Waals surface area contributed by atoms with Gasteiger partial charge in [-0.3, -0.25) is 4.79 Å². The van der Waals surface area contributed by atoms with Crippen LogP contribution in [0.5, 0.6) is 0 Å². The largest absolute Gasteiger partial charge is 0.299 e. The maximum atomic E-state index is 13.2. The van der Waals surface area contributed by atoms with Crippen LogP contribution in [-0.2, 0) is 11.2 Å². The standard InChI is InChI=1S/C12H12F2O/c13-10-4-5-11(14)9(7-10)3-6-12(15)8-1-2-8/h4-5,7-8H,1-3,6H2. The van der Waals surface area contributed by atoms with Gasteiger partial charge >= 0.3 is 0 Å². The zero-order valence-electron chi connectivity index (χ0n) is 8.30. The minimum atomic E-state index is -0.453. The Morgan fingerprint density at radius 3 is 2.73 bits per heavy atom. The molecule has 0 aliphatic heterocycles. The highest BCUT2D eigenvalue weighted by atomic mass is 19.1. The Morgan fingerprint density at radius 2 is 2.07 bits per heavy atom. The monoisotopic (exact) mass is 210 g/mol. The predicted molar refractivity (Wildman–Crippen MR) is 52.4 cm³/mol. The first-order chi connectivity index (χ1) is 7.16. The summed E-state index contributed by atoms with van der Waals surface area (Å²) in [6.07, 6.45) is 2.55. The van der Waals surface area contributed by atoms with E-state index in [1.165, 1.54) is 0 Å². The summed E-state index contributed by atoms with van der Waals surface area (Å²) < 4.78 is 25.9. The molecule has 80 valence electrons. The summed E-state index contributed by atoms with van der Waals surface area (Å²) in [5, 5.41) is 0. The Balaban J connectivity index is 1.97. The van der Waals surface area contributed by atoms with E-state index in [-0.39, 0.29) is 11.7 Å². The van der Waals surface area contributed by atoms with Crippen LogP contribution in [0.1, 0.15) is 24.8 Å². The van der Waals surface area contributed by atoms with Crippen LogP contribution in [0.25, 0.3) is 0 Å². The third-order valence-electron chi connectivity index (χ3n) is 2.68. The van der Waals surface area contributed by atoms with Crippen molar-refractivity contribution in [1.82, 2.24) is 0 Å². The summed E-state index contributed by atoms with van der Waals surface area (Å²) in [4.78, 5) is 11.4. The second-order valence-electron chi connectivity index (χ2n) is 3.98. The van der Waals surface area contributed by atoms with Gasteiger partial charge in [-0.1, -0.05) is 0 Å². The molecule has 1 fully saturated rings. The first-order valence-corrected chi connectivity index (χ1v) is 5.13. The lowest BCUT2D eigenvalue weighted by molar-refractivity contribution is -0.120. The van der Waals surface area contributed by atoms with E-state index in [1.807, 2.05) is 0 Å². The minimum Gasteiger partial charge on any atom is -0.299 e. The molecule has 1 saturated carbocycles. The third-order valence-corrected chi connectivity index (χ3v) is 2.68. The molecular weight excluding hydrogens is 198 g/mol. The van der Waals surface area contributed by atoms with Crippen LogP contribution in [0.3, 0.4) is 0 Å². The van der Waals surface area contributed by atoms with Crippen molar-refractivity contribution in [3.8, 4) is 0 Å². The van der Waals surface area contributed by atoms with E-state index in [9.17, 15) is 13.6 Å². The van der Waals surface area contributed by atoms with Gasteiger partial charge in [0.15, 0.2) is 0 Å². The molecule has 0 heterocycles. The van der Waals surface area contributed by atoms with Crippen LogP contribution in [0, 0.1) is 17.6 Å². The van der Waals surface area contributed by atoms with Gasteiger partial charge in [-0.2, -0.15) is 0 Å². The number of benzene rings is 1. The van der Waals surface area contributed by atoms with Gasteiger partial charge in [0.25, 0.3) is 0 Å². The van der Waals surface area contributed by atoms with Gasteiger partial charge in [-0.25, -0.2) is 8.78 Å². The zero-order valence-corrected chi connectivity index (χ0v) is 8.30. The molecule has 0 amide bonds. The molecular formula is C12H12F2O. The van der Waals surface area contributed by atoms with E-state index >= 15 is 0 Å². The molecule has 1 aliphatic carbocycles. The average molecular weight is 210 g/mol. The second kappa shape index (κ2) is 4.09. The fourth-order valence-corrected chi connectivity index (χ4v) is 1.60. The maximum absolute atomic E-state index is 13.2. The van der Waals surface area contributed by atoms with Crippen LogP contribution in [0.4, 0.5) is 8.78 Å². The Hall–Kier alpha value is -1.25. The van der Waals surface area contributed by atoms with Crippen LogP contribution in [0.15, 0.2) is 18.2 Å². The number of aryl methyl sites for hydroxylation is 1. The second-order valence-corrected chi connectivity index (χ2v) is 3.98. The van der Waals surface area contributed by atoms with Crippen LogP contribution < -0.4 is 0 Å². The van der Waals surface area contributed by atoms with E-state index in [4.69, 9.17) is 0 Å². The number of ketones is 1. The van der Waals surface area contributed by atoms with E-state index in [1.54, 1.807) is 0 Å². The number of hydrogen-bond acceptors (Lipinski definition) is 1. The first-order valence-electron chi connectivity index (χ1n) is 5.13. The number of carbonyl (C=O) groups is 1. The number of Topliss-reactive ketones (excluding diaryl/α,β-unsaturated/α-hetero) is 1. The quantitative estimate of drug-likeness (QED) is 0.746. The molecule has 1 aliphatic rings. The molecule has 3 heteroatoms. The first kappa shape index (κ1) is 10.3. The molecule has 0 aromatic heterocycles. The van der Waals surface area contributed by atoms with Crippen molar-refractivity contribution in [2.45, 2.75) is 25.7 Å². The molecule has 0 unspecified atom stereocenters. The van der Waals surface area contributed by atoms with E-state index < -0.39 is 11.6 Å². The summed E-state index contributed by atoms with van der Waals surface area (Å²) in [6.45, 7) is 0. The van der Waals surface area contributed by atoms with E-state index in [0.717, 1.165) is 31.0 Å². The SMILES string of the molecule is O=C(CCc1cc(F)ccc1F)C1CC1. The topological polar surface area (TPSA) is 17.1 Å². The summed E-state index contributed by atoms with van der Waals surface area (Å²) >= 11 is 0. The van der Waals surface area contributed by atoms with Gasteiger partial charge in [0.1, 0.15) is 17.4 Å². The Kier molecular flexibility index (Phi) is 2.80. The number of carbonyl (C=O) groups excluding carboxylic acids is 1. The smallest absolute Gasteiger partial charge is 0.136 e. The molecule has 0 bridgehead atoms. The van der Waals surface area contributed by atoms with Crippen LogP contribution >= 0.6 is 0 Å². The Labute approximate surface area is 87.1 Å². The highest BCUT2D eigenvalue weighted by Gasteiger charge is 2.28. The highest BCUT2D eigenvalue weighted by molar-refractivity contribution is 5.83. The van der Waals surface area contributed by atoms with Crippen molar-refractivity contribution in [3.05, 3.63) is 35.4 Å². The van der Waals surface area contributed by atoms with Gasteiger partial charge in [-0.05, 0) is 43.0 Å². The maximum Gasteiger partial charge on any atom is 0.136 e. The summed E-state index contributed by atoms with van der Waals surface area (Å²) in [5.41, 5.74) is 0.295. The van der Waals surface area contributed by atoms with Crippen molar-refractivity contribution >= 4 is 5.78 Å². The average Bonchev–Trinajstić information content (AvgIpc) is 3.02. The lowest BCUT2D eigenvalue weighted by Gasteiger charge is -2.02. The zero-order chi connectivity index (χ0) is 10.8. The van der Waals surface area contributed by atoms with Gasteiger partial charge in [0.05, 0.1) is 0 Å². The van der Waals surface area contributed by atoms with Gasteiger partial charge < -0.3 is 0 Å². The predicted octanol–water partition coefficient (Wildman–Crippen LogP) is 2.88. The molecule has 1 aromatic rings. The summed E-state index contributed by atoms with van der Waals surface area (Å²) in [7, 11) is 0. The molecule has 0 radical (unpaired) electrons. The van der Waals surface area contributed by atoms with Crippen LogP contribution in [0.2, 0.25) is 0 Å². The molecule has 0 spiro atoms. The summed E-state index contributed by atoms with van der Waals surface area (Å²) in [6, 6.07) is 3.35. The van der Waals surface area contributed by atoms with E-state index in [2.05, 4.69) is 0 Å². The third kappa shape index (κ3) is 2.61. The molecule has 0 N–H and O–H groups in total. The minimum absolute atomic E-state index is 0.179. The molecule has 1 aromatic carbocycles. The van der Waals surface area contributed by atoms with Gasteiger partial charge in [0.2, 0.25) is 0 Å². The fourth-order valence-electron chi connectivity index (χ4n) is 1.60. The van der Waals surface area contributed by atoms with E-state index in [0.29, 0.717) is 18.4 Å². The van der Waals surface area contributed by atoms with Gasteiger partial charge in [-0.15, -0.1) is 0 Å². The van der Waals surface area contributed by atoms with Crippen molar-refractivity contribution < 1.29 is 13.6 Å². The normalized spacial score (nSPS) is 15.3. The highest BCUT2D eigenvalue weighted by Crippen LogP contribution is 2.31. The molecule has 1 nitrogen and oxygen atoms in total. The number of rotatable bonds is 4. The van der Waals surface area contributed by atoms with Crippen molar-refractivity contribution in [3.63, 3.8) is 0 Å². The van der Waals surface area contributed by atoms with Crippen molar-refractivity contribution in [2.75, 3.05) is 0 Å². The van der Waals surface area contributed by atoms with Crippen molar-refractivity contribution in [1.29, 1.82) is 0 Å². The van der Waals surface area contributed by atoms with Crippen LogP contribution in [-0.4, -0.2) is 5.78 Å². The van der Waals surface area contributed by atoms with Crippen molar-refractivity contribution in [2.24, 2.45) is 5.92 Å². The molecule has 15 heavy (non-hydrogen) atoms. The lowest BCUT2D eigenvalue weighted by Crippen LogP contribution is -2.03. The Morgan fingerprint density at radius 1 is 1.33 bits per heavy atom.